The van der Waals surface area contributed by atoms with Crippen LogP contribution in [0.1, 0.15) is 25.5 Å². The van der Waals surface area contributed by atoms with E-state index in [2.05, 4.69) is 40.2 Å². The molecule has 1 aliphatic heterocycles. The van der Waals surface area contributed by atoms with Crippen molar-refractivity contribution in [2.45, 2.75) is 26.3 Å². The van der Waals surface area contributed by atoms with Gasteiger partial charge in [-0.1, -0.05) is 0 Å². The Labute approximate surface area is 109 Å². The van der Waals surface area contributed by atoms with E-state index in [-0.39, 0.29) is 5.91 Å². The van der Waals surface area contributed by atoms with Crippen molar-refractivity contribution in [3.63, 3.8) is 0 Å². The largest absolute Gasteiger partial charge is 0.356 e. The van der Waals surface area contributed by atoms with E-state index in [1.165, 1.54) is 25.1 Å². The van der Waals surface area contributed by atoms with Gasteiger partial charge in [0.25, 0.3) is 0 Å². The van der Waals surface area contributed by atoms with Gasteiger partial charge in [-0.05, 0) is 37.4 Å². The smallest absolute Gasteiger partial charge is 0.216 e. The highest BCUT2D eigenvalue weighted by Gasteiger charge is 2.20. The third-order valence-corrected chi connectivity index (χ3v) is 3.68. The molecule has 2 rings (SSSR count). The molecule has 2 heterocycles. The van der Waals surface area contributed by atoms with Crippen molar-refractivity contribution >= 4 is 5.91 Å². The predicted molar refractivity (Wildman–Crippen MR) is 72.1 cm³/mol. The highest BCUT2D eigenvalue weighted by Crippen LogP contribution is 2.18. The molecule has 1 aliphatic rings. The lowest BCUT2D eigenvalue weighted by Gasteiger charge is -2.32. The Morgan fingerprint density at radius 3 is 3.06 bits per heavy atom. The van der Waals surface area contributed by atoms with Gasteiger partial charge in [0.2, 0.25) is 5.91 Å². The Kier molecular flexibility index (Phi) is 4.42. The lowest BCUT2D eigenvalue weighted by atomic mass is 9.98. The van der Waals surface area contributed by atoms with E-state index in [9.17, 15) is 4.79 Å². The number of nitrogens with zero attached hydrogens (tertiary/aromatic N) is 2. The summed E-state index contributed by atoms with van der Waals surface area (Å²) >= 11 is 0. The second-order valence-electron chi connectivity index (χ2n) is 5.29. The van der Waals surface area contributed by atoms with Crippen LogP contribution in [0.25, 0.3) is 0 Å². The summed E-state index contributed by atoms with van der Waals surface area (Å²) in [5, 5.41) is 2.94. The molecule has 0 bridgehead atoms. The summed E-state index contributed by atoms with van der Waals surface area (Å²) in [5.74, 6) is 0.678. The number of nitrogens with one attached hydrogen (secondary N) is 1. The van der Waals surface area contributed by atoms with Crippen LogP contribution in [0.15, 0.2) is 18.3 Å². The molecular formula is C14H23N3O. The number of carbonyl (C=O) groups excluding carboxylic acids is 1. The zero-order valence-corrected chi connectivity index (χ0v) is 11.4. The summed E-state index contributed by atoms with van der Waals surface area (Å²) in [6, 6.07) is 4.27. The van der Waals surface area contributed by atoms with Gasteiger partial charge in [0.15, 0.2) is 0 Å². The average molecular weight is 249 g/mol. The quantitative estimate of drug-likeness (QED) is 0.875. The maximum absolute atomic E-state index is 10.9. The van der Waals surface area contributed by atoms with Crippen molar-refractivity contribution in [2.75, 3.05) is 19.6 Å². The van der Waals surface area contributed by atoms with E-state index in [1.54, 1.807) is 6.92 Å². The standard InChI is InChI=1S/C14H23N3O/c1-12(18)15-9-13-5-3-8-17(10-13)11-14-6-4-7-16(14)2/h4,6-7,13H,3,5,8-11H2,1-2H3,(H,15,18). The zero-order valence-electron chi connectivity index (χ0n) is 11.4. The summed E-state index contributed by atoms with van der Waals surface area (Å²) in [6.45, 7) is 5.68. The number of hydrogen-bond donors (Lipinski definition) is 1. The van der Waals surface area contributed by atoms with E-state index in [0.717, 1.165) is 19.6 Å². The molecule has 1 amide bonds. The van der Waals surface area contributed by atoms with Gasteiger partial charge in [-0.3, -0.25) is 9.69 Å². The summed E-state index contributed by atoms with van der Waals surface area (Å²) < 4.78 is 2.18. The first kappa shape index (κ1) is 13.1. The lowest BCUT2D eigenvalue weighted by molar-refractivity contribution is -0.119. The monoisotopic (exact) mass is 249 g/mol. The molecule has 100 valence electrons. The highest BCUT2D eigenvalue weighted by atomic mass is 16.1. The molecule has 1 aromatic heterocycles. The topological polar surface area (TPSA) is 37.3 Å². The Balaban J connectivity index is 1.83. The molecule has 4 nitrogen and oxygen atoms in total. The molecule has 0 spiro atoms. The van der Waals surface area contributed by atoms with Gasteiger partial charge in [0.1, 0.15) is 0 Å². The Hall–Kier alpha value is -1.29. The van der Waals surface area contributed by atoms with Crippen LogP contribution in [0.2, 0.25) is 0 Å². The van der Waals surface area contributed by atoms with E-state index >= 15 is 0 Å². The molecule has 1 unspecified atom stereocenters. The first-order valence-electron chi connectivity index (χ1n) is 6.72. The van der Waals surface area contributed by atoms with Gasteiger partial charge >= 0.3 is 0 Å². The second kappa shape index (κ2) is 6.05. The normalized spacial score (nSPS) is 20.9. The number of amides is 1. The molecule has 0 aliphatic carbocycles. The average Bonchev–Trinajstić information content (AvgIpc) is 2.73. The van der Waals surface area contributed by atoms with Crippen LogP contribution in [0.4, 0.5) is 0 Å². The molecule has 0 saturated carbocycles. The van der Waals surface area contributed by atoms with Gasteiger partial charge in [0.05, 0.1) is 0 Å². The van der Waals surface area contributed by atoms with Crippen LogP contribution in [0, 0.1) is 5.92 Å². The van der Waals surface area contributed by atoms with Gasteiger partial charge in [0, 0.05) is 45.5 Å². The van der Waals surface area contributed by atoms with Gasteiger partial charge < -0.3 is 9.88 Å². The van der Waals surface area contributed by atoms with Crippen molar-refractivity contribution in [2.24, 2.45) is 13.0 Å². The molecule has 1 N–H and O–H groups in total. The number of hydrogen-bond acceptors (Lipinski definition) is 2. The SMILES string of the molecule is CC(=O)NCC1CCCN(Cc2cccn2C)C1. The molecular weight excluding hydrogens is 226 g/mol. The molecule has 18 heavy (non-hydrogen) atoms. The maximum Gasteiger partial charge on any atom is 0.216 e. The van der Waals surface area contributed by atoms with E-state index in [1.807, 2.05) is 0 Å². The minimum absolute atomic E-state index is 0.0783. The van der Waals surface area contributed by atoms with Crippen LogP contribution in [-0.4, -0.2) is 35.0 Å². The molecule has 0 aromatic carbocycles. The molecule has 1 fully saturated rings. The van der Waals surface area contributed by atoms with E-state index in [0.29, 0.717) is 5.92 Å². The van der Waals surface area contributed by atoms with Gasteiger partial charge in [-0.15, -0.1) is 0 Å². The predicted octanol–water partition coefficient (Wildman–Crippen LogP) is 1.37. The highest BCUT2D eigenvalue weighted by molar-refractivity contribution is 5.72. The van der Waals surface area contributed by atoms with Crippen LogP contribution in [-0.2, 0) is 18.4 Å². The van der Waals surface area contributed by atoms with Crippen molar-refractivity contribution in [1.82, 2.24) is 14.8 Å². The van der Waals surface area contributed by atoms with Crippen molar-refractivity contribution in [3.05, 3.63) is 24.0 Å². The lowest BCUT2D eigenvalue weighted by Crippen LogP contribution is -2.40. The second-order valence-corrected chi connectivity index (χ2v) is 5.29. The number of aryl methyl sites for hydroxylation is 1. The molecule has 1 saturated heterocycles. The summed E-state index contributed by atoms with van der Waals surface area (Å²) in [6.07, 6.45) is 4.55. The minimum atomic E-state index is 0.0783. The third-order valence-electron chi connectivity index (χ3n) is 3.68. The van der Waals surface area contributed by atoms with Gasteiger partial charge in [-0.25, -0.2) is 0 Å². The number of carbonyl (C=O) groups is 1. The molecule has 4 heteroatoms. The van der Waals surface area contributed by atoms with Crippen LogP contribution in [0.5, 0.6) is 0 Å². The van der Waals surface area contributed by atoms with Crippen molar-refractivity contribution < 1.29 is 4.79 Å². The summed E-state index contributed by atoms with van der Waals surface area (Å²) in [5.41, 5.74) is 1.36. The Morgan fingerprint density at radius 2 is 2.39 bits per heavy atom. The number of likely N-dealkylation sites (tertiary alicyclic amines) is 1. The fraction of sp³-hybridized carbons (Fsp3) is 0.643. The third kappa shape index (κ3) is 3.60. The van der Waals surface area contributed by atoms with Crippen LogP contribution >= 0.6 is 0 Å². The Bertz CT molecular complexity index is 399. The maximum atomic E-state index is 10.9. The van der Waals surface area contributed by atoms with E-state index < -0.39 is 0 Å². The van der Waals surface area contributed by atoms with Gasteiger partial charge in [-0.2, -0.15) is 0 Å². The number of aromatic nitrogens is 1. The van der Waals surface area contributed by atoms with Crippen molar-refractivity contribution in [3.8, 4) is 0 Å². The fourth-order valence-electron chi connectivity index (χ4n) is 2.64. The fourth-order valence-corrected chi connectivity index (χ4v) is 2.64. The first-order valence-corrected chi connectivity index (χ1v) is 6.72. The molecule has 1 atom stereocenters. The number of rotatable bonds is 4. The molecule has 1 aromatic rings. The first-order chi connectivity index (χ1) is 8.65. The summed E-state index contributed by atoms with van der Waals surface area (Å²) in [7, 11) is 2.09. The molecule has 0 radical (unpaired) electrons. The van der Waals surface area contributed by atoms with Crippen LogP contribution in [0.3, 0.4) is 0 Å². The zero-order chi connectivity index (χ0) is 13.0. The van der Waals surface area contributed by atoms with E-state index in [4.69, 9.17) is 0 Å². The number of piperidine rings is 1. The van der Waals surface area contributed by atoms with Crippen LogP contribution < -0.4 is 5.32 Å². The minimum Gasteiger partial charge on any atom is -0.356 e. The Morgan fingerprint density at radius 1 is 1.56 bits per heavy atom. The summed E-state index contributed by atoms with van der Waals surface area (Å²) in [4.78, 5) is 13.4. The van der Waals surface area contributed by atoms with Crippen molar-refractivity contribution in [1.29, 1.82) is 0 Å².